The number of aliphatic hydroxyl groups excluding tert-OH is 1. The van der Waals surface area contributed by atoms with Gasteiger partial charge in [-0.3, -0.25) is 14.3 Å². The van der Waals surface area contributed by atoms with Gasteiger partial charge in [0.25, 0.3) is 5.56 Å². The number of aliphatic hydroxyl groups is 1. The molecule has 186 valence electrons. The molecular weight excluding hydrogens is 452 g/mol. The molecule has 3 aromatic rings. The third-order valence-electron chi connectivity index (χ3n) is 6.49. The van der Waals surface area contributed by atoms with Gasteiger partial charge in [-0.15, -0.1) is 0 Å². The molecule has 1 saturated heterocycles. The molecule has 0 amide bonds. The van der Waals surface area contributed by atoms with Gasteiger partial charge in [0.05, 0.1) is 31.3 Å². The van der Waals surface area contributed by atoms with Crippen molar-refractivity contribution in [1.82, 2.24) is 29.7 Å². The summed E-state index contributed by atoms with van der Waals surface area (Å²) in [5.74, 6) is 1.91. The van der Waals surface area contributed by atoms with Crippen LogP contribution in [-0.2, 0) is 13.1 Å². The predicted octanol–water partition coefficient (Wildman–Crippen LogP) is 0.439. The number of nitrogens with zero attached hydrogens (tertiary/aromatic N) is 5. The summed E-state index contributed by atoms with van der Waals surface area (Å²) in [6, 6.07) is 5.42. The van der Waals surface area contributed by atoms with E-state index in [0.717, 1.165) is 24.5 Å². The van der Waals surface area contributed by atoms with Gasteiger partial charge in [-0.05, 0) is 12.5 Å². The van der Waals surface area contributed by atoms with Crippen LogP contribution in [0.3, 0.4) is 0 Å². The van der Waals surface area contributed by atoms with E-state index in [4.69, 9.17) is 14.2 Å². The predicted molar refractivity (Wildman–Crippen MR) is 128 cm³/mol. The summed E-state index contributed by atoms with van der Waals surface area (Å²) in [7, 11) is 1.55. The summed E-state index contributed by atoms with van der Waals surface area (Å²) < 4.78 is 18.0. The maximum atomic E-state index is 12.5. The number of piperidine rings is 1. The fraction of sp³-hybridized carbons (Fsp3) is 0.500. The van der Waals surface area contributed by atoms with Gasteiger partial charge in [-0.2, -0.15) is 4.98 Å². The standard InChI is InChI=1S/C24H30N6O5/c1-33-22-3-2-18-24(28-22)30(23(32)14-27-18)7-6-29-5-4-19(31)16(15-29)11-25-12-17-10-20-21(13-26-17)35-9-8-34-20/h2-3,10,13-14,16,19,25,31H,4-9,11-12,15H2,1H3/t16-,19+/m0/s1. The van der Waals surface area contributed by atoms with E-state index in [0.29, 0.717) is 68.6 Å². The van der Waals surface area contributed by atoms with Crippen molar-refractivity contribution in [2.45, 2.75) is 25.6 Å². The highest BCUT2D eigenvalue weighted by Gasteiger charge is 2.27. The second kappa shape index (κ2) is 10.5. The maximum Gasteiger partial charge on any atom is 0.270 e. The van der Waals surface area contributed by atoms with Crippen molar-refractivity contribution < 1.29 is 19.3 Å². The fourth-order valence-electron chi connectivity index (χ4n) is 4.56. The first-order valence-electron chi connectivity index (χ1n) is 11.9. The number of fused-ring (bicyclic) bond motifs is 2. The molecule has 0 spiro atoms. The first kappa shape index (κ1) is 23.5. The van der Waals surface area contributed by atoms with Crippen LogP contribution in [0.2, 0.25) is 0 Å². The maximum absolute atomic E-state index is 12.5. The van der Waals surface area contributed by atoms with Crippen molar-refractivity contribution in [3.8, 4) is 17.4 Å². The number of methoxy groups -OCH3 is 1. The lowest BCUT2D eigenvalue weighted by Gasteiger charge is -2.36. The van der Waals surface area contributed by atoms with Crippen LogP contribution in [0.4, 0.5) is 0 Å². The molecule has 11 heteroatoms. The Morgan fingerprint density at radius 3 is 2.89 bits per heavy atom. The summed E-state index contributed by atoms with van der Waals surface area (Å²) in [5, 5.41) is 14.0. The number of hydrogen-bond donors (Lipinski definition) is 2. The van der Waals surface area contributed by atoms with Crippen LogP contribution in [0.25, 0.3) is 11.2 Å². The van der Waals surface area contributed by atoms with E-state index >= 15 is 0 Å². The van der Waals surface area contributed by atoms with Gasteiger partial charge < -0.3 is 29.5 Å². The molecule has 2 atom stereocenters. The molecule has 0 unspecified atom stereocenters. The van der Waals surface area contributed by atoms with E-state index in [1.807, 2.05) is 6.07 Å². The van der Waals surface area contributed by atoms with Crippen LogP contribution in [0.5, 0.6) is 17.4 Å². The van der Waals surface area contributed by atoms with E-state index < -0.39 is 0 Å². The Morgan fingerprint density at radius 1 is 1.17 bits per heavy atom. The number of pyridine rings is 2. The number of rotatable bonds is 8. The quantitative estimate of drug-likeness (QED) is 0.467. The minimum atomic E-state index is -0.373. The Balaban J connectivity index is 1.18. The second-order valence-corrected chi connectivity index (χ2v) is 8.81. The van der Waals surface area contributed by atoms with Gasteiger partial charge in [0.1, 0.15) is 18.7 Å². The van der Waals surface area contributed by atoms with Gasteiger partial charge in [-0.25, -0.2) is 4.98 Å². The van der Waals surface area contributed by atoms with Gasteiger partial charge in [0.2, 0.25) is 5.88 Å². The molecule has 3 aromatic heterocycles. The monoisotopic (exact) mass is 482 g/mol. The lowest BCUT2D eigenvalue weighted by atomic mass is 9.94. The van der Waals surface area contributed by atoms with Gasteiger partial charge >= 0.3 is 0 Å². The van der Waals surface area contributed by atoms with Crippen molar-refractivity contribution in [2.75, 3.05) is 46.5 Å². The molecule has 2 aliphatic heterocycles. The topological polar surface area (TPSA) is 124 Å². The van der Waals surface area contributed by atoms with Crippen LogP contribution < -0.4 is 25.1 Å². The van der Waals surface area contributed by atoms with Crippen molar-refractivity contribution in [1.29, 1.82) is 0 Å². The lowest BCUT2D eigenvalue weighted by molar-refractivity contribution is 0.0257. The smallest absolute Gasteiger partial charge is 0.270 e. The Labute approximate surface area is 202 Å². The number of ether oxygens (including phenoxy) is 3. The molecule has 1 fully saturated rings. The lowest BCUT2D eigenvalue weighted by Crippen LogP contribution is -2.48. The van der Waals surface area contributed by atoms with Crippen molar-refractivity contribution in [3.05, 3.63) is 46.6 Å². The third-order valence-corrected chi connectivity index (χ3v) is 6.49. The average molecular weight is 483 g/mol. The normalized spacial score (nSPS) is 20.2. The van der Waals surface area contributed by atoms with E-state index in [1.54, 1.807) is 30.0 Å². The number of aromatic nitrogens is 4. The molecule has 5 heterocycles. The Hall–Kier alpha value is -3.28. The van der Waals surface area contributed by atoms with Crippen molar-refractivity contribution in [2.24, 2.45) is 5.92 Å². The number of hydrogen-bond acceptors (Lipinski definition) is 10. The molecule has 0 aliphatic carbocycles. The third kappa shape index (κ3) is 5.37. The molecule has 5 rings (SSSR count). The van der Waals surface area contributed by atoms with Crippen LogP contribution in [0.1, 0.15) is 12.1 Å². The minimum Gasteiger partial charge on any atom is -0.486 e. The highest BCUT2D eigenvalue weighted by molar-refractivity contribution is 5.70. The number of likely N-dealkylation sites (tertiary alicyclic amines) is 1. The van der Waals surface area contributed by atoms with Gasteiger partial charge in [0, 0.05) is 57.3 Å². The SMILES string of the molecule is COc1ccc2ncc(=O)n(CCN3CC[C@@H](O)[C@@H](CNCc4cc5c(cn4)OCCO5)C3)c2n1. The molecular formula is C24H30N6O5. The Kier molecular flexibility index (Phi) is 7.07. The Bertz CT molecular complexity index is 1230. The highest BCUT2D eigenvalue weighted by atomic mass is 16.6. The molecule has 35 heavy (non-hydrogen) atoms. The first-order chi connectivity index (χ1) is 17.1. The van der Waals surface area contributed by atoms with Crippen LogP contribution in [0, 0.1) is 5.92 Å². The molecule has 0 bridgehead atoms. The van der Waals surface area contributed by atoms with Gasteiger partial charge in [-0.1, -0.05) is 0 Å². The first-order valence-corrected chi connectivity index (χ1v) is 11.9. The molecule has 2 aliphatic rings. The molecule has 0 aromatic carbocycles. The van der Waals surface area contributed by atoms with Crippen LogP contribution >= 0.6 is 0 Å². The van der Waals surface area contributed by atoms with Crippen LogP contribution in [-0.4, -0.2) is 82.1 Å². The Morgan fingerprint density at radius 2 is 2.03 bits per heavy atom. The summed E-state index contributed by atoms with van der Waals surface area (Å²) in [6.45, 7) is 4.97. The fourth-order valence-corrected chi connectivity index (χ4v) is 4.56. The molecule has 0 saturated carbocycles. The molecule has 11 nitrogen and oxygen atoms in total. The zero-order valence-electron chi connectivity index (χ0n) is 19.7. The zero-order chi connectivity index (χ0) is 24.2. The summed E-state index contributed by atoms with van der Waals surface area (Å²) in [4.78, 5) is 27.8. The van der Waals surface area contributed by atoms with E-state index in [-0.39, 0.29) is 17.6 Å². The molecule has 2 N–H and O–H groups in total. The van der Waals surface area contributed by atoms with Crippen LogP contribution in [0.15, 0.2) is 35.4 Å². The van der Waals surface area contributed by atoms with E-state index in [9.17, 15) is 9.90 Å². The molecule has 0 radical (unpaired) electrons. The zero-order valence-corrected chi connectivity index (χ0v) is 19.7. The highest BCUT2D eigenvalue weighted by Crippen LogP contribution is 2.29. The van der Waals surface area contributed by atoms with Crippen molar-refractivity contribution >= 4 is 11.2 Å². The summed E-state index contributed by atoms with van der Waals surface area (Å²) in [5.41, 5.74) is 1.83. The largest absolute Gasteiger partial charge is 0.486 e. The van der Waals surface area contributed by atoms with E-state index in [2.05, 4.69) is 25.2 Å². The van der Waals surface area contributed by atoms with Gasteiger partial charge in [0.15, 0.2) is 17.1 Å². The average Bonchev–Trinajstić information content (AvgIpc) is 2.89. The number of nitrogens with one attached hydrogen (secondary N) is 1. The van der Waals surface area contributed by atoms with E-state index in [1.165, 1.54) is 6.20 Å². The second-order valence-electron chi connectivity index (χ2n) is 8.81. The minimum absolute atomic E-state index is 0.0742. The van der Waals surface area contributed by atoms with Crippen molar-refractivity contribution in [3.63, 3.8) is 0 Å². The summed E-state index contributed by atoms with van der Waals surface area (Å²) in [6.07, 6.45) is 3.34. The summed E-state index contributed by atoms with van der Waals surface area (Å²) >= 11 is 0.